The van der Waals surface area contributed by atoms with Crippen molar-refractivity contribution in [2.75, 3.05) is 0 Å². The van der Waals surface area contributed by atoms with E-state index in [1.807, 2.05) is 48.5 Å². The van der Waals surface area contributed by atoms with Gasteiger partial charge in [0.2, 0.25) is 0 Å². The molecular weight excluding hydrogens is 416 g/mol. The van der Waals surface area contributed by atoms with Gasteiger partial charge in [-0.2, -0.15) is 0 Å². The number of aryl methyl sites for hydroxylation is 1. The zero-order chi connectivity index (χ0) is 23.8. The predicted molar refractivity (Wildman–Crippen MR) is 130 cm³/mol. The second-order valence-corrected chi connectivity index (χ2v) is 9.21. The monoisotopic (exact) mass is 450 g/mol. The number of rotatable bonds is 9. The summed E-state index contributed by atoms with van der Waals surface area (Å²) in [4.78, 5) is 25.5. The van der Waals surface area contributed by atoms with Crippen LogP contribution in [0.5, 0.6) is 0 Å². The van der Waals surface area contributed by atoms with E-state index in [2.05, 4.69) is 29.1 Å². The number of para-hydroxylation sites is 1. The molecule has 3 aromatic rings. The first-order chi connectivity index (χ1) is 15.8. The number of carbonyl (C=O) groups excluding carboxylic acids is 2. The number of amides is 1. The minimum atomic E-state index is -0.867. The SMILES string of the molecule is CCCCn1cc(CC(NC(=O)OC(C)(C)C)C(=O)OCc2ccccc2)c2ccccc21. The van der Waals surface area contributed by atoms with E-state index in [1.165, 1.54) is 0 Å². The number of nitrogens with zero attached hydrogens (tertiary/aromatic N) is 1. The van der Waals surface area contributed by atoms with E-state index in [-0.39, 0.29) is 6.61 Å². The van der Waals surface area contributed by atoms with Gasteiger partial charge in [-0.15, -0.1) is 0 Å². The fraction of sp³-hybridized carbons (Fsp3) is 0.407. The maximum atomic E-state index is 13.0. The van der Waals surface area contributed by atoms with Crippen LogP contribution in [0.1, 0.15) is 51.7 Å². The van der Waals surface area contributed by atoms with Crippen molar-refractivity contribution in [2.24, 2.45) is 0 Å². The van der Waals surface area contributed by atoms with Gasteiger partial charge in [0.15, 0.2) is 0 Å². The van der Waals surface area contributed by atoms with Gasteiger partial charge < -0.3 is 19.4 Å². The molecule has 6 nitrogen and oxygen atoms in total. The average Bonchev–Trinajstić information content (AvgIpc) is 3.12. The Balaban J connectivity index is 1.82. The number of hydrogen-bond acceptors (Lipinski definition) is 4. The van der Waals surface area contributed by atoms with Crippen LogP contribution in [0, 0.1) is 0 Å². The molecule has 0 saturated carbocycles. The Morgan fingerprint density at radius 1 is 1.03 bits per heavy atom. The van der Waals surface area contributed by atoms with Gasteiger partial charge in [-0.25, -0.2) is 9.59 Å². The fourth-order valence-electron chi connectivity index (χ4n) is 3.69. The molecule has 1 heterocycles. The molecule has 1 N–H and O–H groups in total. The molecule has 0 saturated heterocycles. The second kappa shape index (κ2) is 11.0. The van der Waals surface area contributed by atoms with Crippen molar-refractivity contribution < 1.29 is 19.1 Å². The quantitative estimate of drug-likeness (QED) is 0.430. The van der Waals surface area contributed by atoms with Crippen molar-refractivity contribution in [1.82, 2.24) is 9.88 Å². The molecule has 1 aromatic heterocycles. The number of carbonyl (C=O) groups is 2. The van der Waals surface area contributed by atoms with Crippen LogP contribution in [0.4, 0.5) is 4.79 Å². The molecule has 0 aliphatic rings. The highest BCUT2D eigenvalue weighted by atomic mass is 16.6. The topological polar surface area (TPSA) is 69.6 Å². The Kier molecular flexibility index (Phi) is 8.15. The first-order valence-electron chi connectivity index (χ1n) is 11.5. The Morgan fingerprint density at radius 3 is 2.42 bits per heavy atom. The third-order valence-electron chi connectivity index (χ3n) is 5.25. The normalized spacial score (nSPS) is 12.4. The van der Waals surface area contributed by atoms with Crippen molar-refractivity contribution in [3.63, 3.8) is 0 Å². The van der Waals surface area contributed by atoms with Crippen LogP contribution in [0.3, 0.4) is 0 Å². The lowest BCUT2D eigenvalue weighted by atomic mass is 10.1. The molecule has 1 amide bonds. The average molecular weight is 451 g/mol. The Bertz CT molecular complexity index is 1070. The Morgan fingerprint density at radius 2 is 1.73 bits per heavy atom. The number of alkyl carbamates (subject to hydrolysis) is 1. The Hall–Kier alpha value is -3.28. The minimum absolute atomic E-state index is 0.143. The minimum Gasteiger partial charge on any atom is -0.459 e. The van der Waals surface area contributed by atoms with Crippen molar-refractivity contribution in [3.8, 4) is 0 Å². The van der Waals surface area contributed by atoms with E-state index in [0.717, 1.165) is 41.4 Å². The summed E-state index contributed by atoms with van der Waals surface area (Å²) in [7, 11) is 0. The molecule has 0 aliphatic carbocycles. The van der Waals surface area contributed by atoms with Crippen LogP contribution in [0.25, 0.3) is 10.9 Å². The highest BCUT2D eigenvalue weighted by molar-refractivity contribution is 5.86. The lowest BCUT2D eigenvalue weighted by Gasteiger charge is -2.23. The number of ether oxygens (including phenoxy) is 2. The van der Waals surface area contributed by atoms with Gasteiger partial charge in [-0.05, 0) is 44.4 Å². The molecule has 0 fully saturated rings. The number of unbranched alkanes of at least 4 members (excludes halogenated alkanes) is 1. The second-order valence-electron chi connectivity index (χ2n) is 9.21. The molecule has 6 heteroatoms. The van der Waals surface area contributed by atoms with Crippen LogP contribution < -0.4 is 5.32 Å². The number of fused-ring (bicyclic) bond motifs is 1. The molecule has 3 rings (SSSR count). The standard InChI is InChI=1S/C27H34N2O4/c1-5-6-16-29-18-21(22-14-10-11-15-24(22)29)17-23(28-26(31)33-27(2,3)4)25(30)32-19-20-12-8-7-9-13-20/h7-15,18,23H,5-6,16-17,19H2,1-4H3,(H,28,31). The molecule has 1 atom stereocenters. The van der Waals surface area contributed by atoms with Crippen molar-refractivity contribution in [2.45, 2.75) is 71.8 Å². The van der Waals surface area contributed by atoms with Crippen molar-refractivity contribution in [3.05, 3.63) is 71.9 Å². The van der Waals surface area contributed by atoms with Crippen LogP contribution in [0.2, 0.25) is 0 Å². The van der Waals surface area contributed by atoms with Gasteiger partial charge in [0, 0.05) is 30.1 Å². The van der Waals surface area contributed by atoms with E-state index in [9.17, 15) is 9.59 Å². The van der Waals surface area contributed by atoms with E-state index < -0.39 is 23.7 Å². The van der Waals surface area contributed by atoms with Crippen LogP contribution in [-0.2, 0) is 33.8 Å². The van der Waals surface area contributed by atoms with Crippen molar-refractivity contribution >= 4 is 23.0 Å². The van der Waals surface area contributed by atoms with Gasteiger partial charge in [-0.3, -0.25) is 0 Å². The number of aromatic nitrogens is 1. The smallest absolute Gasteiger partial charge is 0.408 e. The number of nitrogens with one attached hydrogen (secondary N) is 1. The van der Waals surface area contributed by atoms with Gasteiger partial charge in [0.25, 0.3) is 0 Å². The summed E-state index contributed by atoms with van der Waals surface area (Å²) in [5, 5.41) is 3.80. The fourth-order valence-corrected chi connectivity index (χ4v) is 3.69. The molecule has 33 heavy (non-hydrogen) atoms. The molecular formula is C27H34N2O4. The highest BCUT2D eigenvalue weighted by Crippen LogP contribution is 2.24. The summed E-state index contributed by atoms with van der Waals surface area (Å²) in [5.74, 6) is -0.491. The number of esters is 1. The van der Waals surface area contributed by atoms with Crippen molar-refractivity contribution in [1.29, 1.82) is 0 Å². The molecule has 0 aliphatic heterocycles. The zero-order valence-electron chi connectivity index (χ0n) is 20.0. The number of benzene rings is 2. The van der Waals surface area contributed by atoms with Crippen LogP contribution >= 0.6 is 0 Å². The summed E-state index contributed by atoms with van der Waals surface area (Å²) in [6, 6.07) is 16.7. The number of hydrogen-bond donors (Lipinski definition) is 1. The first kappa shape index (κ1) is 24.4. The summed E-state index contributed by atoms with van der Waals surface area (Å²) in [6.45, 7) is 8.57. The largest absolute Gasteiger partial charge is 0.459 e. The molecule has 2 aromatic carbocycles. The van der Waals surface area contributed by atoms with Gasteiger partial charge in [0.1, 0.15) is 18.2 Å². The summed E-state index contributed by atoms with van der Waals surface area (Å²) in [6.07, 6.45) is 3.91. The lowest BCUT2D eigenvalue weighted by Crippen LogP contribution is -2.45. The maximum absolute atomic E-state index is 13.0. The van der Waals surface area contributed by atoms with E-state index in [4.69, 9.17) is 9.47 Å². The van der Waals surface area contributed by atoms with E-state index in [1.54, 1.807) is 20.8 Å². The molecule has 0 radical (unpaired) electrons. The van der Waals surface area contributed by atoms with E-state index in [0.29, 0.717) is 6.42 Å². The summed E-state index contributed by atoms with van der Waals surface area (Å²) < 4.78 is 13.2. The highest BCUT2D eigenvalue weighted by Gasteiger charge is 2.27. The van der Waals surface area contributed by atoms with Gasteiger partial charge in [-0.1, -0.05) is 61.9 Å². The molecule has 0 bridgehead atoms. The third-order valence-corrected chi connectivity index (χ3v) is 5.25. The summed E-state index contributed by atoms with van der Waals surface area (Å²) in [5.41, 5.74) is 2.32. The predicted octanol–water partition coefficient (Wildman–Crippen LogP) is 5.62. The third kappa shape index (κ3) is 7.11. The zero-order valence-corrected chi connectivity index (χ0v) is 20.0. The van der Waals surface area contributed by atoms with Gasteiger partial charge >= 0.3 is 12.1 Å². The summed E-state index contributed by atoms with van der Waals surface area (Å²) >= 11 is 0. The van der Waals surface area contributed by atoms with Crippen LogP contribution in [-0.4, -0.2) is 28.3 Å². The molecule has 176 valence electrons. The van der Waals surface area contributed by atoms with Crippen LogP contribution in [0.15, 0.2) is 60.8 Å². The maximum Gasteiger partial charge on any atom is 0.408 e. The Labute approximate surface area is 195 Å². The lowest BCUT2D eigenvalue weighted by molar-refractivity contribution is -0.147. The van der Waals surface area contributed by atoms with Gasteiger partial charge in [0.05, 0.1) is 0 Å². The van der Waals surface area contributed by atoms with E-state index >= 15 is 0 Å². The first-order valence-corrected chi connectivity index (χ1v) is 11.5. The molecule has 0 spiro atoms. The molecule has 1 unspecified atom stereocenters.